The van der Waals surface area contributed by atoms with Gasteiger partial charge in [-0.25, -0.2) is 0 Å². The molecule has 0 aliphatic heterocycles. The summed E-state index contributed by atoms with van der Waals surface area (Å²) in [6, 6.07) is 0. The second-order valence-corrected chi connectivity index (χ2v) is 1.04. The van der Waals surface area contributed by atoms with E-state index in [1.807, 2.05) is 0 Å². The van der Waals surface area contributed by atoms with Gasteiger partial charge in [-0.1, -0.05) is 0 Å². The van der Waals surface area contributed by atoms with Crippen molar-refractivity contribution in [3.05, 3.63) is 26.3 Å². The minimum atomic E-state index is -0.833. The Hall–Kier alpha value is -1.58. The summed E-state index contributed by atoms with van der Waals surface area (Å²) in [4.78, 5) is 18.0. The SMILES string of the molecule is C=C.C=C.CC(=O)O.CC(=O)O. The van der Waals surface area contributed by atoms with Crippen molar-refractivity contribution < 1.29 is 19.8 Å². The van der Waals surface area contributed by atoms with Crippen molar-refractivity contribution in [2.24, 2.45) is 0 Å². The van der Waals surface area contributed by atoms with E-state index in [4.69, 9.17) is 19.8 Å². The smallest absolute Gasteiger partial charge is 0.300 e. The van der Waals surface area contributed by atoms with Crippen LogP contribution in [0.15, 0.2) is 26.3 Å². The van der Waals surface area contributed by atoms with Gasteiger partial charge in [0, 0.05) is 13.8 Å². The van der Waals surface area contributed by atoms with Gasteiger partial charge < -0.3 is 10.2 Å². The Kier molecular flexibility index (Phi) is 63.9. The zero-order chi connectivity index (χ0) is 11.2. The van der Waals surface area contributed by atoms with Crippen LogP contribution in [0, 0.1) is 0 Å². The Labute approximate surface area is 72.8 Å². The Morgan fingerprint density at radius 3 is 0.833 bits per heavy atom. The van der Waals surface area contributed by atoms with Crippen molar-refractivity contribution in [1.29, 1.82) is 0 Å². The molecule has 4 heteroatoms. The molecule has 0 unspecified atom stereocenters. The molecule has 12 heavy (non-hydrogen) atoms. The van der Waals surface area contributed by atoms with Crippen LogP contribution in [0.5, 0.6) is 0 Å². The zero-order valence-corrected chi connectivity index (χ0v) is 7.54. The molecule has 0 radical (unpaired) electrons. The summed E-state index contributed by atoms with van der Waals surface area (Å²) in [7, 11) is 0. The summed E-state index contributed by atoms with van der Waals surface area (Å²) in [5.74, 6) is -1.67. The fourth-order valence-corrected chi connectivity index (χ4v) is 0. The second kappa shape index (κ2) is 34.2. The predicted molar refractivity (Wildman–Crippen MR) is 49.1 cm³/mol. The lowest BCUT2D eigenvalue weighted by atomic mass is 10.9. The Morgan fingerprint density at radius 1 is 0.833 bits per heavy atom. The van der Waals surface area contributed by atoms with Gasteiger partial charge in [-0.2, -0.15) is 0 Å². The van der Waals surface area contributed by atoms with Crippen LogP contribution in [-0.4, -0.2) is 22.2 Å². The van der Waals surface area contributed by atoms with Crippen molar-refractivity contribution in [2.75, 3.05) is 0 Å². The van der Waals surface area contributed by atoms with E-state index in [0.29, 0.717) is 0 Å². The van der Waals surface area contributed by atoms with Gasteiger partial charge in [-0.3, -0.25) is 9.59 Å². The number of carboxylic acid groups (broad SMARTS) is 2. The predicted octanol–water partition coefficient (Wildman–Crippen LogP) is 1.79. The molecule has 0 aromatic carbocycles. The average molecular weight is 176 g/mol. The molecule has 0 aliphatic rings. The van der Waals surface area contributed by atoms with E-state index < -0.39 is 11.9 Å². The third-order valence-corrected chi connectivity index (χ3v) is 0. The summed E-state index contributed by atoms with van der Waals surface area (Å²) in [5.41, 5.74) is 0. The molecule has 0 atom stereocenters. The van der Waals surface area contributed by atoms with E-state index in [0.717, 1.165) is 13.8 Å². The Morgan fingerprint density at radius 2 is 0.833 bits per heavy atom. The molecule has 0 spiro atoms. The van der Waals surface area contributed by atoms with Crippen LogP contribution in [0.4, 0.5) is 0 Å². The molecular weight excluding hydrogens is 160 g/mol. The van der Waals surface area contributed by atoms with Gasteiger partial charge in [0.2, 0.25) is 0 Å². The van der Waals surface area contributed by atoms with Gasteiger partial charge in [-0.15, -0.1) is 26.3 Å². The Balaban J connectivity index is -0.0000000380. The number of hydrogen-bond acceptors (Lipinski definition) is 2. The Bertz CT molecular complexity index is 87.6. The minimum absolute atomic E-state index is 0.833. The lowest BCUT2D eigenvalue weighted by Gasteiger charge is -1.59. The largest absolute Gasteiger partial charge is 0.481 e. The molecule has 0 heterocycles. The molecule has 72 valence electrons. The first-order chi connectivity index (χ1) is 5.46. The number of rotatable bonds is 0. The molecule has 0 aromatic heterocycles. The lowest BCUT2D eigenvalue weighted by molar-refractivity contribution is -0.135. The summed E-state index contributed by atoms with van der Waals surface area (Å²) in [6.45, 7) is 14.2. The molecule has 0 saturated carbocycles. The van der Waals surface area contributed by atoms with Crippen molar-refractivity contribution in [1.82, 2.24) is 0 Å². The number of aliphatic carboxylic acids is 2. The fraction of sp³-hybridized carbons (Fsp3) is 0.250. The van der Waals surface area contributed by atoms with Crippen LogP contribution in [-0.2, 0) is 9.59 Å². The van der Waals surface area contributed by atoms with E-state index in [-0.39, 0.29) is 0 Å². The highest BCUT2D eigenvalue weighted by molar-refractivity contribution is 5.63. The lowest BCUT2D eigenvalue weighted by Crippen LogP contribution is -1.78. The third-order valence-electron chi connectivity index (χ3n) is 0. The van der Waals surface area contributed by atoms with Crippen molar-refractivity contribution in [3.8, 4) is 0 Å². The quantitative estimate of drug-likeness (QED) is 0.552. The number of carbonyl (C=O) groups is 2. The number of hydrogen-bond donors (Lipinski definition) is 2. The summed E-state index contributed by atoms with van der Waals surface area (Å²) < 4.78 is 0. The van der Waals surface area contributed by atoms with Crippen LogP contribution in [0.25, 0.3) is 0 Å². The molecule has 2 N–H and O–H groups in total. The molecule has 0 aliphatic carbocycles. The molecule has 4 nitrogen and oxygen atoms in total. The van der Waals surface area contributed by atoms with Gasteiger partial charge in [0.1, 0.15) is 0 Å². The minimum Gasteiger partial charge on any atom is -0.481 e. The van der Waals surface area contributed by atoms with Crippen LogP contribution in [0.1, 0.15) is 13.8 Å². The van der Waals surface area contributed by atoms with Crippen LogP contribution >= 0.6 is 0 Å². The number of carboxylic acids is 2. The van der Waals surface area contributed by atoms with Gasteiger partial charge >= 0.3 is 0 Å². The van der Waals surface area contributed by atoms with E-state index in [9.17, 15) is 0 Å². The molecule has 0 aromatic rings. The van der Waals surface area contributed by atoms with E-state index >= 15 is 0 Å². The second-order valence-electron chi connectivity index (χ2n) is 1.04. The van der Waals surface area contributed by atoms with Gasteiger partial charge in [0.05, 0.1) is 0 Å². The first kappa shape index (κ1) is 22.4. The first-order valence-corrected chi connectivity index (χ1v) is 2.86. The summed E-state index contributed by atoms with van der Waals surface area (Å²) >= 11 is 0. The fourth-order valence-electron chi connectivity index (χ4n) is 0. The van der Waals surface area contributed by atoms with Gasteiger partial charge in [-0.05, 0) is 0 Å². The summed E-state index contributed by atoms with van der Waals surface area (Å²) in [6.07, 6.45) is 0. The van der Waals surface area contributed by atoms with Gasteiger partial charge in [0.15, 0.2) is 0 Å². The van der Waals surface area contributed by atoms with Crippen LogP contribution < -0.4 is 0 Å². The maximum atomic E-state index is 9.00. The van der Waals surface area contributed by atoms with E-state index in [2.05, 4.69) is 26.3 Å². The highest BCUT2D eigenvalue weighted by atomic mass is 16.4. The first-order valence-electron chi connectivity index (χ1n) is 2.86. The maximum absolute atomic E-state index is 9.00. The normalized spacial score (nSPS) is 4.83. The van der Waals surface area contributed by atoms with E-state index in [1.54, 1.807) is 0 Å². The molecular formula is C8H16O4. The van der Waals surface area contributed by atoms with Crippen molar-refractivity contribution in [3.63, 3.8) is 0 Å². The molecule has 0 saturated heterocycles. The maximum Gasteiger partial charge on any atom is 0.300 e. The third kappa shape index (κ3) is 186. The standard InChI is InChI=1S/2C2H4O2.2C2H4/c2*1-2(3)4;2*1-2/h2*1H3,(H,3,4);2*1-2H2. The highest BCUT2D eigenvalue weighted by Gasteiger charge is 1.65. The average Bonchev–Trinajstić information content (AvgIpc) is 1.93. The van der Waals surface area contributed by atoms with Crippen LogP contribution in [0.3, 0.4) is 0 Å². The van der Waals surface area contributed by atoms with Gasteiger partial charge in [0.25, 0.3) is 11.9 Å². The van der Waals surface area contributed by atoms with Crippen LogP contribution in [0.2, 0.25) is 0 Å². The van der Waals surface area contributed by atoms with Crippen molar-refractivity contribution in [2.45, 2.75) is 13.8 Å². The van der Waals surface area contributed by atoms with E-state index in [1.165, 1.54) is 0 Å². The molecule has 0 rings (SSSR count). The topological polar surface area (TPSA) is 74.6 Å². The van der Waals surface area contributed by atoms with Crippen molar-refractivity contribution >= 4 is 11.9 Å². The molecule has 0 bridgehead atoms. The molecule has 0 fully saturated rings. The summed E-state index contributed by atoms with van der Waals surface area (Å²) in [5, 5.41) is 14.8. The monoisotopic (exact) mass is 176 g/mol. The zero-order valence-electron chi connectivity index (χ0n) is 7.54. The molecule has 0 amide bonds. The highest BCUT2D eigenvalue weighted by Crippen LogP contribution is 1.42.